The van der Waals surface area contributed by atoms with E-state index in [9.17, 15) is 4.79 Å². The average molecular weight is 112 g/mol. The molecule has 42 valence electrons. The second-order valence-electron chi connectivity index (χ2n) is 1.11. The van der Waals surface area contributed by atoms with Crippen molar-refractivity contribution < 1.29 is 4.79 Å². The Kier molecular flexibility index (Phi) is 1.23. The topological polar surface area (TPSA) is 65.8 Å². The monoisotopic (exact) mass is 112 g/mol. The zero-order valence-corrected chi connectivity index (χ0v) is 3.96. The van der Waals surface area contributed by atoms with Crippen molar-refractivity contribution in [3.05, 3.63) is 0 Å². The van der Waals surface area contributed by atoms with Gasteiger partial charge in [0.2, 0.25) is 0 Å². The number of nitrogens with one attached hydrogen (secondary N) is 2. The van der Waals surface area contributed by atoms with E-state index in [4.69, 9.17) is 0 Å². The third-order valence-electron chi connectivity index (χ3n) is 0.548. The lowest BCUT2D eigenvalue weighted by molar-refractivity contribution is 0.242. The molecule has 5 heteroatoms. The van der Waals surface area contributed by atoms with Gasteiger partial charge in [-0.2, -0.15) is 10.2 Å². The zero-order chi connectivity index (χ0) is 5.82. The normalized spacial score (nSPS) is 16.8. The lowest BCUT2D eigenvalue weighted by Gasteiger charge is -1.90. The van der Waals surface area contributed by atoms with E-state index >= 15 is 0 Å². The Hall–Kier alpha value is -1.39. The first-order valence-electron chi connectivity index (χ1n) is 2.00. The molecule has 0 aromatic carbocycles. The molecule has 0 fully saturated rings. The zero-order valence-electron chi connectivity index (χ0n) is 3.96. The van der Waals surface area contributed by atoms with Gasteiger partial charge in [0, 0.05) is 0 Å². The van der Waals surface area contributed by atoms with Crippen molar-refractivity contribution in [2.45, 2.75) is 0 Å². The molecule has 0 aromatic rings. The molecule has 0 aliphatic carbocycles. The van der Waals surface area contributed by atoms with Gasteiger partial charge >= 0.3 is 6.03 Å². The first-order chi connectivity index (χ1) is 3.89. The van der Waals surface area contributed by atoms with Crippen molar-refractivity contribution in [3.8, 4) is 0 Å². The Balaban J connectivity index is 2.58. The molecular weight excluding hydrogens is 108 g/mol. The van der Waals surface area contributed by atoms with E-state index in [-0.39, 0.29) is 0 Å². The van der Waals surface area contributed by atoms with Crippen LogP contribution in [0.2, 0.25) is 0 Å². The van der Waals surface area contributed by atoms with Gasteiger partial charge in [-0.3, -0.25) is 0 Å². The fourth-order valence-electron chi connectivity index (χ4n) is 0.283. The third-order valence-corrected chi connectivity index (χ3v) is 0.548. The van der Waals surface area contributed by atoms with Crippen LogP contribution in [0.4, 0.5) is 4.79 Å². The predicted molar refractivity (Wildman–Crippen MR) is 28.7 cm³/mol. The van der Waals surface area contributed by atoms with Crippen molar-refractivity contribution >= 4 is 18.5 Å². The Bertz CT molecular complexity index is 133. The highest BCUT2D eigenvalue weighted by Crippen LogP contribution is 1.67. The van der Waals surface area contributed by atoms with Crippen LogP contribution >= 0.6 is 0 Å². The third kappa shape index (κ3) is 1.04. The van der Waals surface area contributed by atoms with Crippen molar-refractivity contribution in [3.63, 3.8) is 0 Å². The summed E-state index contributed by atoms with van der Waals surface area (Å²) in [6, 6.07) is -0.421. The Morgan fingerprint density at radius 3 is 2.25 bits per heavy atom. The summed E-state index contributed by atoms with van der Waals surface area (Å²) in [5.74, 6) is 0. The molecule has 0 unspecified atom stereocenters. The average Bonchev–Trinajstić information content (AvgIpc) is 1.94. The van der Waals surface area contributed by atoms with Crippen LogP contribution in [0.3, 0.4) is 0 Å². The smallest absolute Gasteiger partial charge is 0.245 e. The molecule has 0 spiro atoms. The Morgan fingerprint density at radius 2 is 1.75 bits per heavy atom. The van der Waals surface area contributed by atoms with Crippen molar-refractivity contribution in [1.82, 2.24) is 10.9 Å². The van der Waals surface area contributed by atoms with Crippen LogP contribution in [0.5, 0.6) is 0 Å². The number of rotatable bonds is 0. The summed E-state index contributed by atoms with van der Waals surface area (Å²) in [6.45, 7) is 0. The molecule has 1 aliphatic heterocycles. The molecular formula is C3H4N4O. The van der Waals surface area contributed by atoms with Gasteiger partial charge in [-0.05, 0) is 0 Å². The van der Waals surface area contributed by atoms with Crippen LogP contribution in [0.25, 0.3) is 0 Å². The Labute approximate surface area is 45.5 Å². The number of hydrogen-bond acceptors (Lipinski definition) is 3. The molecule has 0 radical (unpaired) electrons. The molecule has 0 atom stereocenters. The fraction of sp³-hybridized carbons (Fsp3) is 0. The van der Waals surface area contributed by atoms with Gasteiger partial charge in [0.15, 0.2) is 0 Å². The number of nitrogens with zero attached hydrogens (tertiary/aromatic N) is 2. The van der Waals surface area contributed by atoms with E-state index in [1.54, 1.807) is 0 Å². The first kappa shape index (κ1) is 4.76. The van der Waals surface area contributed by atoms with Crippen LogP contribution in [0.1, 0.15) is 0 Å². The summed E-state index contributed by atoms with van der Waals surface area (Å²) in [5, 5.41) is 6.83. The van der Waals surface area contributed by atoms with E-state index in [0.717, 1.165) is 0 Å². The highest BCUT2D eigenvalue weighted by atomic mass is 16.2. The quantitative estimate of drug-likeness (QED) is 0.426. The highest BCUT2D eigenvalue weighted by molar-refractivity contribution is 6.16. The standard InChI is InChI=1S/C3H4N4O/c8-3-6-4-1-2-5-7-3/h1-2H,(H2,6,7,8). The van der Waals surface area contributed by atoms with E-state index < -0.39 is 6.03 Å². The summed E-state index contributed by atoms with van der Waals surface area (Å²) in [6.07, 6.45) is 2.75. The van der Waals surface area contributed by atoms with E-state index in [1.807, 2.05) is 0 Å². The summed E-state index contributed by atoms with van der Waals surface area (Å²) in [4.78, 5) is 10.2. The molecule has 1 aliphatic rings. The lowest BCUT2D eigenvalue weighted by Crippen LogP contribution is -2.26. The maximum Gasteiger partial charge on any atom is 0.355 e. The molecule has 1 rings (SSSR count). The fourth-order valence-corrected chi connectivity index (χ4v) is 0.283. The van der Waals surface area contributed by atoms with Gasteiger partial charge < -0.3 is 0 Å². The summed E-state index contributed by atoms with van der Waals surface area (Å²) in [7, 11) is 0. The van der Waals surface area contributed by atoms with Gasteiger partial charge in [0.25, 0.3) is 0 Å². The minimum atomic E-state index is -0.421. The molecule has 2 amide bonds. The van der Waals surface area contributed by atoms with Gasteiger partial charge in [-0.25, -0.2) is 15.6 Å². The van der Waals surface area contributed by atoms with E-state index in [1.165, 1.54) is 12.4 Å². The summed E-state index contributed by atoms with van der Waals surface area (Å²) < 4.78 is 0. The SMILES string of the molecule is O=C1NN=CC=NN1. The van der Waals surface area contributed by atoms with E-state index in [2.05, 4.69) is 21.1 Å². The maximum absolute atomic E-state index is 10.2. The number of urea groups is 1. The van der Waals surface area contributed by atoms with Crippen LogP contribution in [0, 0.1) is 0 Å². The molecule has 0 saturated carbocycles. The second-order valence-corrected chi connectivity index (χ2v) is 1.11. The minimum Gasteiger partial charge on any atom is -0.245 e. The van der Waals surface area contributed by atoms with Crippen molar-refractivity contribution in [2.24, 2.45) is 10.2 Å². The minimum absolute atomic E-state index is 0.421. The largest absolute Gasteiger partial charge is 0.355 e. The predicted octanol–water partition coefficient (Wildman–Crippen LogP) is -0.729. The second kappa shape index (κ2) is 2.06. The number of carbonyl (C=O) groups is 1. The summed E-state index contributed by atoms with van der Waals surface area (Å²) >= 11 is 0. The van der Waals surface area contributed by atoms with Gasteiger partial charge in [-0.15, -0.1) is 0 Å². The first-order valence-corrected chi connectivity index (χ1v) is 2.00. The van der Waals surface area contributed by atoms with Crippen molar-refractivity contribution in [2.75, 3.05) is 0 Å². The molecule has 1 heterocycles. The Morgan fingerprint density at radius 1 is 1.25 bits per heavy atom. The number of hydrogen-bond donors (Lipinski definition) is 2. The lowest BCUT2D eigenvalue weighted by atomic mass is 10.8. The van der Waals surface area contributed by atoms with Crippen molar-refractivity contribution in [1.29, 1.82) is 0 Å². The molecule has 0 aromatic heterocycles. The molecule has 8 heavy (non-hydrogen) atoms. The van der Waals surface area contributed by atoms with Gasteiger partial charge in [-0.1, -0.05) is 0 Å². The number of amides is 2. The van der Waals surface area contributed by atoms with E-state index in [0.29, 0.717) is 0 Å². The van der Waals surface area contributed by atoms with Gasteiger partial charge in [0.05, 0.1) is 12.4 Å². The number of hydrazone groups is 2. The molecule has 0 bridgehead atoms. The van der Waals surface area contributed by atoms with Crippen LogP contribution < -0.4 is 10.9 Å². The molecule has 0 saturated heterocycles. The van der Waals surface area contributed by atoms with Crippen LogP contribution in [0.15, 0.2) is 10.2 Å². The molecule has 2 N–H and O–H groups in total. The van der Waals surface area contributed by atoms with Gasteiger partial charge in [0.1, 0.15) is 0 Å². The van der Waals surface area contributed by atoms with Crippen LogP contribution in [-0.4, -0.2) is 18.5 Å². The number of carbonyl (C=O) groups excluding carboxylic acids is 1. The maximum atomic E-state index is 10.2. The molecule has 5 nitrogen and oxygen atoms in total. The summed E-state index contributed by atoms with van der Waals surface area (Å²) in [5.41, 5.74) is 4.28. The highest BCUT2D eigenvalue weighted by Gasteiger charge is 1.93. The van der Waals surface area contributed by atoms with Crippen LogP contribution in [-0.2, 0) is 0 Å².